The highest BCUT2D eigenvalue weighted by Gasteiger charge is 2.14. The number of carbonyl (C=O) groups excluding carboxylic acids is 1. The van der Waals surface area contributed by atoms with Crippen molar-refractivity contribution >= 4 is 11.9 Å². The number of hydrogen-bond donors (Lipinski definition) is 1. The van der Waals surface area contributed by atoms with Crippen molar-refractivity contribution in [1.29, 1.82) is 0 Å². The molecular formula is C37H62O4. The zero-order valence-electron chi connectivity index (χ0n) is 26.6. The second-order valence-corrected chi connectivity index (χ2v) is 11.0. The van der Waals surface area contributed by atoms with E-state index in [1.165, 1.54) is 25.7 Å². The van der Waals surface area contributed by atoms with Crippen molar-refractivity contribution in [3.8, 4) is 0 Å². The maximum absolute atomic E-state index is 12.5. The van der Waals surface area contributed by atoms with Crippen LogP contribution in [0.15, 0.2) is 60.8 Å². The fraction of sp³-hybridized carbons (Fsp3) is 0.676. The van der Waals surface area contributed by atoms with Crippen molar-refractivity contribution in [3.63, 3.8) is 0 Å². The minimum Gasteiger partial charge on any atom is -0.481 e. The lowest BCUT2D eigenvalue weighted by Crippen LogP contribution is -2.18. The van der Waals surface area contributed by atoms with Crippen LogP contribution in [0, 0.1) is 0 Å². The summed E-state index contributed by atoms with van der Waals surface area (Å²) in [6, 6.07) is 0. The topological polar surface area (TPSA) is 63.6 Å². The Bertz CT molecular complexity index is 744. The van der Waals surface area contributed by atoms with Crippen molar-refractivity contribution in [2.75, 3.05) is 0 Å². The minimum atomic E-state index is -0.696. The third-order valence-corrected chi connectivity index (χ3v) is 7.00. The average Bonchev–Trinajstić information content (AvgIpc) is 2.95. The third-order valence-electron chi connectivity index (χ3n) is 7.00. The SMILES string of the molecule is CC/C=C\C/C=C\C/C=C\C/C=C\C/C=C\CCCC(=O)OC(CCCCCC)CCCCCCCCCC(=O)O. The molecule has 0 saturated heterocycles. The van der Waals surface area contributed by atoms with E-state index in [2.05, 4.69) is 74.6 Å². The van der Waals surface area contributed by atoms with Gasteiger partial charge in [0, 0.05) is 12.8 Å². The van der Waals surface area contributed by atoms with E-state index in [4.69, 9.17) is 9.84 Å². The number of carboxylic acid groups (broad SMARTS) is 1. The van der Waals surface area contributed by atoms with Crippen molar-refractivity contribution in [1.82, 2.24) is 0 Å². The average molecular weight is 571 g/mol. The smallest absolute Gasteiger partial charge is 0.306 e. The molecule has 0 aromatic carbocycles. The van der Waals surface area contributed by atoms with Crippen LogP contribution < -0.4 is 0 Å². The predicted octanol–water partition coefficient (Wildman–Crippen LogP) is 11.4. The normalized spacial score (nSPS) is 13.0. The molecule has 0 aliphatic carbocycles. The lowest BCUT2D eigenvalue weighted by atomic mass is 10.0. The van der Waals surface area contributed by atoms with Gasteiger partial charge in [-0.2, -0.15) is 0 Å². The van der Waals surface area contributed by atoms with Crippen molar-refractivity contribution in [3.05, 3.63) is 60.8 Å². The summed E-state index contributed by atoms with van der Waals surface area (Å²) in [5.41, 5.74) is 0. The monoisotopic (exact) mass is 570 g/mol. The molecule has 0 radical (unpaired) electrons. The van der Waals surface area contributed by atoms with Crippen LogP contribution in [0.25, 0.3) is 0 Å². The van der Waals surface area contributed by atoms with E-state index in [0.717, 1.165) is 103 Å². The molecule has 0 amide bonds. The zero-order valence-corrected chi connectivity index (χ0v) is 26.6. The Kier molecular flexibility index (Phi) is 30.3. The molecule has 234 valence electrons. The van der Waals surface area contributed by atoms with E-state index >= 15 is 0 Å². The quantitative estimate of drug-likeness (QED) is 0.0552. The summed E-state index contributed by atoms with van der Waals surface area (Å²) in [6.07, 6.45) is 43.9. The van der Waals surface area contributed by atoms with Crippen LogP contribution in [0.2, 0.25) is 0 Å². The number of carbonyl (C=O) groups is 2. The number of allylic oxidation sites excluding steroid dienone is 10. The highest BCUT2D eigenvalue weighted by atomic mass is 16.5. The molecule has 0 fully saturated rings. The van der Waals surface area contributed by atoms with Gasteiger partial charge in [-0.1, -0.05) is 126 Å². The largest absolute Gasteiger partial charge is 0.481 e. The predicted molar refractivity (Wildman–Crippen MR) is 176 cm³/mol. The summed E-state index contributed by atoms with van der Waals surface area (Å²) in [5, 5.41) is 8.70. The molecule has 0 rings (SSSR count). The van der Waals surface area contributed by atoms with E-state index in [9.17, 15) is 9.59 Å². The molecule has 0 aromatic rings. The highest BCUT2D eigenvalue weighted by molar-refractivity contribution is 5.69. The zero-order chi connectivity index (χ0) is 30.1. The lowest BCUT2D eigenvalue weighted by Gasteiger charge is -2.18. The first-order valence-corrected chi connectivity index (χ1v) is 16.8. The molecule has 1 atom stereocenters. The van der Waals surface area contributed by atoms with Gasteiger partial charge in [-0.25, -0.2) is 0 Å². The molecule has 0 spiro atoms. The van der Waals surface area contributed by atoms with E-state index in [1.54, 1.807) is 0 Å². The molecule has 0 aliphatic rings. The second-order valence-electron chi connectivity index (χ2n) is 11.0. The molecule has 41 heavy (non-hydrogen) atoms. The third kappa shape index (κ3) is 32.0. The molecule has 0 heterocycles. The summed E-state index contributed by atoms with van der Waals surface area (Å²) >= 11 is 0. The number of esters is 1. The standard InChI is InChI=1S/C37H62O4/c1-3-5-7-9-10-11-12-13-14-15-16-17-18-19-23-26-30-34-37(40)41-35(31-27-8-6-4-2)32-28-24-21-20-22-25-29-33-36(38)39/h5,7,10-11,13-14,16-17,19,23,35H,3-4,6,8-9,12,15,18,20-22,24-34H2,1-2H3,(H,38,39)/b7-5-,11-10-,14-13-,17-16-,23-19-. The number of aliphatic carboxylic acids is 1. The molecule has 4 heteroatoms. The van der Waals surface area contributed by atoms with Crippen molar-refractivity contribution in [2.24, 2.45) is 0 Å². The van der Waals surface area contributed by atoms with Gasteiger partial charge < -0.3 is 9.84 Å². The van der Waals surface area contributed by atoms with Crippen LogP contribution in [0.3, 0.4) is 0 Å². The van der Waals surface area contributed by atoms with Gasteiger partial charge in [0.05, 0.1) is 0 Å². The molecule has 0 saturated carbocycles. The number of ether oxygens (including phenoxy) is 1. The summed E-state index contributed by atoms with van der Waals surface area (Å²) in [5.74, 6) is -0.741. The number of hydrogen-bond acceptors (Lipinski definition) is 3. The molecule has 0 aromatic heterocycles. The van der Waals surface area contributed by atoms with Gasteiger partial charge in [-0.15, -0.1) is 0 Å². The van der Waals surface area contributed by atoms with Gasteiger partial charge in [-0.3, -0.25) is 9.59 Å². The number of rotatable bonds is 29. The fourth-order valence-corrected chi connectivity index (χ4v) is 4.57. The number of unbranched alkanes of at least 4 members (excludes halogenated alkanes) is 10. The maximum atomic E-state index is 12.5. The summed E-state index contributed by atoms with van der Waals surface area (Å²) in [4.78, 5) is 23.0. The summed E-state index contributed by atoms with van der Waals surface area (Å²) < 4.78 is 5.90. The molecule has 1 unspecified atom stereocenters. The van der Waals surface area contributed by atoms with Gasteiger partial charge >= 0.3 is 11.9 Å². The fourth-order valence-electron chi connectivity index (χ4n) is 4.57. The van der Waals surface area contributed by atoms with Gasteiger partial charge in [0.1, 0.15) is 6.10 Å². The first-order chi connectivity index (χ1) is 20.1. The van der Waals surface area contributed by atoms with Gasteiger partial charge in [0.25, 0.3) is 0 Å². The Balaban J connectivity index is 4.00. The van der Waals surface area contributed by atoms with Crippen LogP contribution in [0.1, 0.15) is 155 Å². The summed E-state index contributed by atoms with van der Waals surface area (Å²) in [7, 11) is 0. The Morgan fingerprint density at radius 3 is 1.54 bits per heavy atom. The highest BCUT2D eigenvalue weighted by Crippen LogP contribution is 2.18. The Labute approximate surface area is 253 Å². The molecule has 4 nitrogen and oxygen atoms in total. The lowest BCUT2D eigenvalue weighted by molar-refractivity contribution is -0.150. The second kappa shape index (κ2) is 32.2. The molecular weight excluding hydrogens is 508 g/mol. The molecule has 0 aliphatic heterocycles. The van der Waals surface area contributed by atoms with Gasteiger partial charge in [0.2, 0.25) is 0 Å². The Morgan fingerprint density at radius 2 is 1.02 bits per heavy atom. The van der Waals surface area contributed by atoms with Crippen molar-refractivity contribution < 1.29 is 19.4 Å². The van der Waals surface area contributed by atoms with Gasteiger partial charge in [0.15, 0.2) is 0 Å². The number of carboxylic acids is 1. The van der Waals surface area contributed by atoms with Crippen LogP contribution in [0.4, 0.5) is 0 Å². The minimum absolute atomic E-state index is 0.0451. The first kappa shape index (κ1) is 38.6. The first-order valence-electron chi connectivity index (χ1n) is 16.8. The van der Waals surface area contributed by atoms with E-state index < -0.39 is 5.97 Å². The van der Waals surface area contributed by atoms with Gasteiger partial charge in [-0.05, 0) is 77.0 Å². The van der Waals surface area contributed by atoms with E-state index in [-0.39, 0.29) is 18.5 Å². The Hall–Kier alpha value is -2.36. The maximum Gasteiger partial charge on any atom is 0.306 e. The molecule has 1 N–H and O–H groups in total. The molecule has 0 bridgehead atoms. The van der Waals surface area contributed by atoms with Crippen molar-refractivity contribution in [2.45, 2.75) is 161 Å². The van der Waals surface area contributed by atoms with Crippen LogP contribution >= 0.6 is 0 Å². The van der Waals surface area contributed by atoms with E-state index in [0.29, 0.717) is 6.42 Å². The van der Waals surface area contributed by atoms with Crippen LogP contribution in [-0.2, 0) is 14.3 Å². The van der Waals surface area contributed by atoms with Crippen LogP contribution in [0.5, 0.6) is 0 Å². The van der Waals surface area contributed by atoms with E-state index in [1.807, 2.05) is 0 Å². The Morgan fingerprint density at radius 1 is 0.561 bits per heavy atom. The van der Waals surface area contributed by atoms with Crippen LogP contribution in [-0.4, -0.2) is 23.1 Å². The summed E-state index contributed by atoms with van der Waals surface area (Å²) in [6.45, 7) is 4.37.